The van der Waals surface area contributed by atoms with Crippen molar-refractivity contribution in [2.75, 3.05) is 18.1 Å². The highest BCUT2D eigenvalue weighted by Crippen LogP contribution is 2.44. The number of rotatable bonds is 7. The Kier molecular flexibility index (Phi) is 7.45. The van der Waals surface area contributed by atoms with E-state index in [0.29, 0.717) is 34.7 Å². The van der Waals surface area contributed by atoms with Gasteiger partial charge in [-0.05, 0) is 63.9 Å². The highest BCUT2D eigenvalue weighted by Gasteiger charge is 2.48. The van der Waals surface area contributed by atoms with Crippen LogP contribution >= 0.6 is 11.3 Å². The minimum atomic E-state index is -0.938. The van der Waals surface area contributed by atoms with Crippen molar-refractivity contribution in [3.05, 3.63) is 80.9 Å². The second-order valence-electron chi connectivity index (χ2n) is 8.62. The van der Waals surface area contributed by atoms with Crippen molar-refractivity contribution in [2.24, 2.45) is 0 Å². The van der Waals surface area contributed by atoms with Crippen LogP contribution in [0.4, 0.5) is 5.13 Å². The van der Waals surface area contributed by atoms with E-state index < -0.39 is 23.7 Å². The highest BCUT2D eigenvalue weighted by molar-refractivity contribution is 7.17. The first kappa shape index (κ1) is 26.1. The number of carbonyl (C=O) groups is 3. The van der Waals surface area contributed by atoms with Crippen molar-refractivity contribution in [2.45, 2.75) is 40.7 Å². The molecule has 2 heterocycles. The average Bonchev–Trinajstić information content (AvgIpc) is 3.36. The Morgan fingerprint density at radius 2 is 1.76 bits per heavy atom. The molecule has 0 unspecified atom stereocenters. The van der Waals surface area contributed by atoms with Crippen LogP contribution in [-0.2, 0) is 14.3 Å². The minimum Gasteiger partial charge on any atom is -0.507 e. The summed E-state index contributed by atoms with van der Waals surface area (Å²) < 4.78 is 10.7. The maximum absolute atomic E-state index is 13.4. The number of anilines is 1. The summed E-state index contributed by atoms with van der Waals surface area (Å²) >= 11 is 0.979. The predicted octanol–water partition coefficient (Wildman–Crippen LogP) is 5.27. The lowest BCUT2D eigenvalue weighted by Crippen LogP contribution is -2.29. The molecule has 1 atom stereocenters. The zero-order valence-electron chi connectivity index (χ0n) is 21.3. The number of esters is 1. The Morgan fingerprint density at radius 1 is 1.05 bits per heavy atom. The first-order valence-corrected chi connectivity index (χ1v) is 12.7. The molecule has 1 N–H and O–H groups in total. The fourth-order valence-corrected chi connectivity index (χ4v) is 5.26. The van der Waals surface area contributed by atoms with Gasteiger partial charge in [-0.1, -0.05) is 41.2 Å². The Labute approximate surface area is 219 Å². The number of amides is 1. The number of hydrogen-bond donors (Lipinski definition) is 1. The van der Waals surface area contributed by atoms with Crippen molar-refractivity contribution in [1.82, 2.24) is 4.98 Å². The third-order valence-electron chi connectivity index (χ3n) is 6.05. The lowest BCUT2D eigenvalue weighted by molar-refractivity contribution is -0.132. The molecule has 0 radical (unpaired) electrons. The number of carbonyl (C=O) groups excluding carboxylic acids is 3. The minimum absolute atomic E-state index is 0.0494. The first-order chi connectivity index (χ1) is 17.7. The molecule has 1 amide bonds. The van der Waals surface area contributed by atoms with Crippen LogP contribution < -0.4 is 9.64 Å². The molecule has 0 bridgehead atoms. The first-order valence-electron chi connectivity index (χ1n) is 11.9. The van der Waals surface area contributed by atoms with E-state index in [0.717, 1.165) is 16.9 Å². The second-order valence-corrected chi connectivity index (χ2v) is 9.60. The van der Waals surface area contributed by atoms with Gasteiger partial charge in [0.1, 0.15) is 16.4 Å². The van der Waals surface area contributed by atoms with Gasteiger partial charge in [-0.25, -0.2) is 9.78 Å². The van der Waals surface area contributed by atoms with Crippen LogP contribution in [0.3, 0.4) is 0 Å². The highest BCUT2D eigenvalue weighted by atomic mass is 32.1. The molecule has 2 aromatic carbocycles. The number of Topliss-reactive ketones (excluding diaryl/α,β-unsaturated/α-hetero) is 1. The van der Waals surface area contributed by atoms with Crippen molar-refractivity contribution in [3.8, 4) is 5.75 Å². The summed E-state index contributed by atoms with van der Waals surface area (Å²) in [5, 5.41) is 11.6. The van der Waals surface area contributed by atoms with E-state index >= 15 is 0 Å². The number of nitrogens with zero attached hydrogens (tertiary/aromatic N) is 2. The van der Waals surface area contributed by atoms with Crippen molar-refractivity contribution >= 4 is 39.9 Å². The topological polar surface area (TPSA) is 106 Å². The number of hydrogen-bond acceptors (Lipinski definition) is 8. The standard InChI is InChI=1S/C28H28N2O6S/c1-6-35-19-12-13-20(16(4)14-19)23(31)21-22(18-10-8-15(3)9-11-18)30(26(33)24(21)32)28-29-17(5)25(37-28)27(34)36-7-2/h8-14,22,31H,6-7H2,1-5H3/t22-/m1/s1. The second kappa shape index (κ2) is 10.6. The number of aryl methyl sites for hydroxylation is 3. The van der Waals surface area contributed by atoms with E-state index in [-0.39, 0.29) is 27.9 Å². The smallest absolute Gasteiger partial charge is 0.350 e. The van der Waals surface area contributed by atoms with E-state index in [1.807, 2.05) is 38.1 Å². The quantitative estimate of drug-likeness (QED) is 0.196. The number of ketones is 1. The summed E-state index contributed by atoms with van der Waals surface area (Å²) in [4.78, 5) is 45.2. The number of aliphatic hydroxyl groups is 1. The molecule has 192 valence electrons. The number of thiazole rings is 1. The molecular formula is C28H28N2O6S. The summed E-state index contributed by atoms with van der Waals surface area (Å²) in [7, 11) is 0. The van der Waals surface area contributed by atoms with E-state index in [9.17, 15) is 19.5 Å². The van der Waals surface area contributed by atoms with Crippen molar-refractivity contribution in [1.29, 1.82) is 0 Å². The third kappa shape index (κ3) is 4.86. The molecule has 0 aliphatic carbocycles. The largest absolute Gasteiger partial charge is 0.507 e. The third-order valence-corrected chi connectivity index (χ3v) is 7.19. The van der Waals surface area contributed by atoms with Gasteiger partial charge in [-0.3, -0.25) is 14.5 Å². The van der Waals surface area contributed by atoms with Gasteiger partial charge in [0.25, 0.3) is 5.78 Å². The summed E-state index contributed by atoms with van der Waals surface area (Å²) in [6, 6.07) is 11.6. The maximum atomic E-state index is 13.4. The van der Waals surface area contributed by atoms with Gasteiger partial charge in [0, 0.05) is 5.56 Å². The number of aromatic nitrogens is 1. The molecule has 1 aromatic heterocycles. The summed E-state index contributed by atoms with van der Waals surface area (Å²) in [6.45, 7) is 9.64. The molecule has 0 saturated carbocycles. The molecule has 9 heteroatoms. The van der Waals surface area contributed by atoms with Crippen molar-refractivity contribution < 1.29 is 29.0 Å². The fourth-order valence-electron chi connectivity index (χ4n) is 4.27. The monoisotopic (exact) mass is 520 g/mol. The Bertz CT molecular complexity index is 1410. The van der Waals surface area contributed by atoms with Crippen LogP contribution in [-0.4, -0.2) is 41.0 Å². The molecule has 1 fully saturated rings. The molecule has 4 rings (SSSR count). The summed E-state index contributed by atoms with van der Waals surface area (Å²) in [6.07, 6.45) is 0. The molecule has 0 spiro atoms. The van der Waals surface area contributed by atoms with Gasteiger partial charge in [-0.15, -0.1) is 0 Å². The zero-order chi connectivity index (χ0) is 26.9. The van der Waals surface area contributed by atoms with Crippen molar-refractivity contribution in [3.63, 3.8) is 0 Å². The van der Waals surface area contributed by atoms with Crippen LogP contribution in [0.1, 0.15) is 57.5 Å². The van der Waals surface area contributed by atoms with Crippen LogP contribution in [0.2, 0.25) is 0 Å². The normalized spacial score (nSPS) is 16.8. The van der Waals surface area contributed by atoms with E-state index in [2.05, 4.69) is 4.98 Å². The van der Waals surface area contributed by atoms with E-state index in [1.54, 1.807) is 39.0 Å². The van der Waals surface area contributed by atoms with Gasteiger partial charge >= 0.3 is 11.9 Å². The van der Waals surface area contributed by atoms with E-state index in [4.69, 9.17) is 9.47 Å². The van der Waals surface area contributed by atoms with E-state index in [1.165, 1.54) is 4.90 Å². The lowest BCUT2D eigenvalue weighted by Gasteiger charge is -2.23. The van der Waals surface area contributed by atoms with Gasteiger partial charge in [-0.2, -0.15) is 0 Å². The Hall–Kier alpha value is -3.98. The van der Waals surface area contributed by atoms with Crippen LogP contribution in [0.15, 0.2) is 48.0 Å². The summed E-state index contributed by atoms with van der Waals surface area (Å²) in [5.41, 5.74) is 3.07. The van der Waals surface area contributed by atoms with Gasteiger partial charge in [0.2, 0.25) is 0 Å². The average molecular weight is 521 g/mol. The Morgan fingerprint density at radius 3 is 2.38 bits per heavy atom. The number of ether oxygens (including phenoxy) is 2. The summed E-state index contributed by atoms with van der Waals surface area (Å²) in [5.74, 6) is -1.86. The molecule has 37 heavy (non-hydrogen) atoms. The fraction of sp³-hybridized carbons (Fsp3) is 0.286. The molecular weight excluding hydrogens is 492 g/mol. The SMILES string of the molecule is CCOC(=O)c1sc(N2C(=O)C(=O)C(=C(O)c3ccc(OCC)cc3C)[C@H]2c2ccc(C)cc2)nc1C. The molecule has 8 nitrogen and oxygen atoms in total. The maximum Gasteiger partial charge on any atom is 0.350 e. The van der Waals surface area contributed by atoms with Gasteiger partial charge < -0.3 is 14.6 Å². The number of aliphatic hydroxyl groups excluding tert-OH is 1. The lowest BCUT2D eigenvalue weighted by atomic mass is 9.93. The molecule has 1 aliphatic heterocycles. The zero-order valence-corrected chi connectivity index (χ0v) is 22.1. The number of benzene rings is 2. The predicted molar refractivity (Wildman–Crippen MR) is 141 cm³/mol. The van der Waals surface area contributed by atoms with Gasteiger partial charge in [0.15, 0.2) is 5.13 Å². The molecule has 3 aromatic rings. The van der Waals surface area contributed by atoms with Crippen LogP contribution in [0.25, 0.3) is 5.76 Å². The molecule has 1 aliphatic rings. The van der Waals surface area contributed by atoms with Crippen LogP contribution in [0, 0.1) is 20.8 Å². The molecule has 1 saturated heterocycles. The van der Waals surface area contributed by atoms with Crippen LogP contribution in [0.5, 0.6) is 5.75 Å². The van der Waals surface area contributed by atoms with Gasteiger partial charge in [0.05, 0.1) is 30.5 Å². The Balaban J connectivity index is 1.90.